The zero-order valence-electron chi connectivity index (χ0n) is 12.8. The first-order valence-corrected chi connectivity index (χ1v) is 9.91. The molecule has 0 fully saturated rings. The number of halogens is 1. The molecule has 1 aromatic heterocycles. The van der Waals surface area contributed by atoms with Crippen LogP contribution in [-0.2, 0) is 10.0 Å². The molecule has 0 spiro atoms. The Kier molecular flexibility index (Phi) is 5.08. The van der Waals surface area contributed by atoms with Gasteiger partial charge in [-0.05, 0) is 60.0 Å². The van der Waals surface area contributed by atoms with Gasteiger partial charge in [0.1, 0.15) is 0 Å². The van der Waals surface area contributed by atoms with Gasteiger partial charge in [0.15, 0.2) is 0 Å². The number of carbonyl (C=O) groups excluding carboxylic acids is 1. The highest BCUT2D eigenvalue weighted by Crippen LogP contribution is 2.20. The van der Waals surface area contributed by atoms with E-state index in [1.54, 1.807) is 48.5 Å². The summed E-state index contributed by atoms with van der Waals surface area (Å²) < 4.78 is 27.2. The van der Waals surface area contributed by atoms with Crippen molar-refractivity contribution < 1.29 is 13.2 Å². The second-order valence-corrected chi connectivity index (χ2v) is 8.13. The Morgan fingerprint density at radius 1 is 0.920 bits per heavy atom. The summed E-state index contributed by atoms with van der Waals surface area (Å²) in [7, 11) is -3.72. The van der Waals surface area contributed by atoms with Crippen molar-refractivity contribution in [1.29, 1.82) is 0 Å². The number of hydrogen-bond acceptors (Lipinski definition) is 4. The van der Waals surface area contributed by atoms with E-state index in [9.17, 15) is 13.2 Å². The molecule has 1 heterocycles. The molecule has 3 rings (SSSR count). The third-order valence-corrected chi connectivity index (χ3v) is 5.78. The fourth-order valence-corrected chi connectivity index (χ4v) is 3.85. The molecule has 0 bridgehead atoms. The van der Waals surface area contributed by atoms with Crippen molar-refractivity contribution in [3.8, 4) is 0 Å². The van der Waals surface area contributed by atoms with Crippen molar-refractivity contribution in [3.05, 3.63) is 75.9 Å². The van der Waals surface area contributed by atoms with E-state index in [-0.39, 0.29) is 10.8 Å². The number of hydrogen-bond donors (Lipinski definition) is 2. The Morgan fingerprint density at radius 3 is 2.16 bits per heavy atom. The molecule has 0 saturated carbocycles. The van der Waals surface area contributed by atoms with Crippen LogP contribution in [0.5, 0.6) is 0 Å². The Balaban J connectivity index is 1.72. The Labute approximate surface area is 154 Å². The predicted octanol–water partition coefficient (Wildman–Crippen LogP) is 4.45. The maximum atomic E-state index is 12.4. The second kappa shape index (κ2) is 7.26. The van der Waals surface area contributed by atoms with E-state index >= 15 is 0 Å². The van der Waals surface area contributed by atoms with Crippen molar-refractivity contribution in [1.82, 2.24) is 0 Å². The Morgan fingerprint density at radius 2 is 1.56 bits per heavy atom. The molecule has 2 N–H and O–H groups in total. The first-order chi connectivity index (χ1) is 11.9. The van der Waals surface area contributed by atoms with Crippen molar-refractivity contribution in [3.63, 3.8) is 0 Å². The highest BCUT2D eigenvalue weighted by molar-refractivity contribution is 7.92. The van der Waals surface area contributed by atoms with Crippen LogP contribution in [-0.4, -0.2) is 14.3 Å². The molecule has 25 heavy (non-hydrogen) atoms. The van der Waals surface area contributed by atoms with Gasteiger partial charge >= 0.3 is 0 Å². The van der Waals surface area contributed by atoms with Gasteiger partial charge in [-0.15, -0.1) is 11.3 Å². The molecule has 5 nitrogen and oxygen atoms in total. The minimum absolute atomic E-state index is 0.0940. The molecule has 0 saturated heterocycles. The van der Waals surface area contributed by atoms with Gasteiger partial charge in [0.05, 0.1) is 9.77 Å². The SMILES string of the molecule is O=C(Nc1ccc(S(=O)(=O)Nc2ccc(Cl)cc2)cc1)c1cccs1. The fraction of sp³-hybridized carbons (Fsp3) is 0. The summed E-state index contributed by atoms with van der Waals surface area (Å²) in [6.07, 6.45) is 0. The molecule has 2 aromatic carbocycles. The van der Waals surface area contributed by atoms with E-state index in [0.29, 0.717) is 21.3 Å². The second-order valence-electron chi connectivity index (χ2n) is 5.07. The van der Waals surface area contributed by atoms with Gasteiger partial charge in [-0.25, -0.2) is 8.42 Å². The molecule has 128 valence electrons. The number of amides is 1. The lowest BCUT2D eigenvalue weighted by Crippen LogP contribution is -2.13. The summed E-state index contributed by atoms with van der Waals surface area (Å²) >= 11 is 7.12. The standard InChI is InChI=1S/C17H13ClN2O3S2/c18-12-3-5-14(6-4-12)20-25(22,23)15-9-7-13(8-10-15)19-17(21)16-2-1-11-24-16/h1-11,20H,(H,19,21). The highest BCUT2D eigenvalue weighted by atomic mass is 35.5. The lowest BCUT2D eigenvalue weighted by atomic mass is 10.3. The summed E-state index contributed by atoms with van der Waals surface area (Å²) in [5.41, 5.74) is 0.934. The number of carbonyl (C=O) groups is 1. The van der Waals surface area contributed by atoms with Crippen molar-refractivity contribution >= 4 is 50.2 Å². The third kappa shape index (κ3) is 4.39. The summed E-state index contributed by atoms with van der Waals surface area (Å²) in [6, 6.07) is 15.8. The van der Waals surface area contributed by atoms with E-state index in [0.717, 1.165) is 0 Å². The van der Waals surface area contributed by atoms with Crippen LogP contribution < -0.4 is 10.0 Å². The lowest BCUT2D eigenvalue weighted by molar-refractivity contribution is 0.103. The molecule has 0 aliphatic carbocycles. The molecule has 3 aromatic rings. The third-order valence-electron chi connectivity index (χ3n) is 3.26. The summed E-state index contributed by atoms with van der Waals surface area (Å²) in [4.78, 5) is 12.7. The first-order valence-electron chi connectivity index (χ1n) is 7.17. The molecular formula is C17H13ClN2O3S2. The Hall–Kier alpha value is -2.35. The molecule has 1 amide bonds. The van der Waals surface area contributed by atoms with Crippen LogP contribution in [0.4, 0.5) is 11.4 Å². The molecule has 0 unspecified atom stereocenters. The van der Waals surface area contributed by atoms with Crippen molar-refractivity contribution in [2.75, 3.05) is 10.0 Å². The monoisotopic (exact) mass is 392 g/mol. The van der Waals surface area contributed by atoms with E-state index in [4.69, 9.17) is 11.6 Å². The number of rotatable bonds is 5. The zero-order valence-corrected chi connectivity index (χ0v) is 15.2. The van der Waals surface area contributed by atoms with Gasteiger partial charge in [-0.2, -0.15) is 0 Å². The van der Waals surface area contributed by atoms with Crippen LogP contribution in [0.1, 0.15) is 9.67 Å². The smallest absolute Gasteiger partial charge is 0.265 e. The van der Waals surface area contributed by atoms with Gasteiger partial charge in [0, 0.05) is 16.4 Å². The van der Waals surface area contributed by atoms with Crippen molar-refractivity contribution in [2.24, 2.45) is 0 Å². The predicted molar refractivity (Wildman–Crippen MR) is 101 cm³/mol. The fourth-order valence-electron chi connectivity index (χ4n) is 2.05. The molecule has 0 atom stereocenters. The minimum Gasteiger partial charge on any atom is -0.321 e. The van der Waals surface area contributed by atoms with Gasteiger partial charge in [-0.3, -0.25) is 9.52 Å². The average molecular weight is 393 g/mol. The normalized spacial score (nSPS) is 11.1. The molecule has 0 aliphatic rings. The maximum Gasteiger partial charge on any atom is 0.265 e. The Bertz CT molecular complexity index is 968. The summed E-state index contributed by atoms with van der Waals surface area (Å²) in [5, 5.41) is 5.06. The topological polar surface area (TPSA) is 75.3 Å². The average Bonchev–Trinajstić information content (AvgIpc) is 3.12. The van der Waals surface area contributed by atoms with Crippen LogP contribution in [0.3, 0.4) is 0 Å². The van der Waals surface area contributed by atoms with Crippen LogP contribution in [0, 0.1) is 0 Å². The van der Waals surface area contributed by atoms with Gasteiger partial charge in [0.2, 0.25) is 0 Å². The first kappa shape index (κ1) is 17.5. The zero-order chi connectivity index (χ0) is 17.9. The maximum absolute atomic E-state index is 12.4. The minimum atomic E-state index is -3.72. The van der Waals surface area contributed by atoms with E-state index < -0.39 is 10.0 Å². The number of benzene rings is 2. The van der Waals surface area contributed by atoms with Crippen molar-refractivity contribution in [2.45, 2.75) is 4.90 Å². The van der Waals surface area contributed by atoms with Crippen LogP contribution in [0.2, 0.25) is 5.02 Å². The molecule has 0 aliphatic heterocycles. The highest BCUT2D eigenvalue weighted by Gasteiger charge is 2.14. The van der Waals surface area contributed by atoms with E-state index in [2.05, 4.69) is 10.0 Å². The number of anilines is 2. The number of nitrogens with one attached hydrogen (secondary N) is 2. The molecule has 0 radical (unpaired) electrons. The largest absolute Gasteiger partial charge is 0.321 e. The number of sulfonamides is 1. The summed E-state index contributed by atoms with van der Waals surface area (Å²) in [6.45, 7) is 0. The van der Waals surface area contributed by atoms with E-state index in [1.165, 1.54) is 23.5 Å². The van der Waals surface area contributed by atoms with Crippen LogP contribution >= 0.6 is 22.9 Å². The number of thiophene rings is 1. The van der Waals surface area contributed by atoms with Crippen LogP contribution in [0.25, 0.3) is 0 Å². The van der Waals surface area contributed by atoms with E-state index in [1.807, 2.05) is 5.38 Å². The summed E-state index contributed by atoms with van der Waals surface area (Å²) in [5.74, 6) is -0.232. The lowest BCUT2D eigenvalue weighted by Gasteiger charge is -2.09. The molecule has 8 heteroatoms. The van der Waals surface area contributed by atoms with Crippen LogP contribution in [0.15, 0.2) is 70.9 Å². The quantitative estimate of drug-likeness (QED) is 0.673. The van der Waals surface area contributed by atoms with Gasteiger partial charge < -0.3 is 5.32 Å². The van der Waals surface area contributed by atoms with Gasteiger partial charge in [-0.1, -0.05) is 17.7 Å². The molecular weight excluding hydrogens is 380 g/mol. The van der Waals surface area contributed by atoms with Gasteiger partial charge in [0.25, 0.3) is 15.9 Å².